The smallest absolute Gasteiger partial charge is 0.321 e. The molecule has 1 aliphatic heterocycles. The predicted octanol–water partition coefficient (Wildman–Crippen LogP) is 4.23. The van der Waals surface area contributed by atoms with Crippen LogP contribution in [0.2, 0.25) is 0 Å². The summed E-state index contributed by atoms with van der Waals surface area (Å²) >= 11 is 0. The Labute approximate surface area is 257 Å². The molecule has 12 heteroatoms. The number of para-hydroxylation sites is 1. The molecule has 0 spiro atoms. The van der Waals surface area contributed by atoms with E-state index in [4.69, 9.17) is 19.4 Å². The van der Waals surface area contributed by atoms with Gasteiger partial charge in [-0.25, -0.2) is 14.8 Å². The maximum Gasteiger partial charge on any atom is 0.321 e. The predicted molar refractivity (Wildman–Crippen MR) is 167 cm³/mol. The van der Waals surface area contributed by atoms with Crippen LogP contribution in [-0.2, 0) is 11.3 Å². The summed E-state index contributed by atoms with van der Waals surface area (Å²) in [7, 11) is 3.16. The summed E-state index contributed by atoms with van der Waals surface area (Å²) in [5, 5.41) is 6.00. The van der Waals surface area contributed by atoms with Gasteiger partial charge in [0.1, 0.15) is 12.1 Å². The average Bonchev–Trinajstić information content (AvgIpc) is 3.59. The molecule has 1 atom stereocenters. The molecule has 2 N–H and O–H groups in total. The fourth-order valence-corrected chi connectivity index (χ4v) is 5.09. The first-order valence-electron chi connectivity index (χ1n) is 14.6. The van der Waals surface area contributed by atoms with E-state index in [0.717, 1.165) is 11.3 Å². The van der Waals surface area contributed by atoms with Crippen molar-refractivity contribution < 1.29 is 19.1 Å². The van der Waals surface area contributed by atoms with Gasteiger partial charge >= 0.3 is 6.03 Å². The molecule has 2 aromatic heterocycles. The largest absolute Gasteiger partial charge is 0.493 e. The molecule has 5 rings (SSSR count). The van der Waals surface area contributed by atoms with Crippen molar-refractivity contribution in [1.82, 2.24) is 29.7 Å². The number of methoxy groups -OCH3 is 2. The van der Waals surface area contributed by atoms with Crippen LogP contribution in [0.3, 0.4) is 0 Å². The van der Waals surface area contributed by atoms with Crippen LogP contribution in [0.15, 0.2) is 73.3 Å². The Hall–Kier alpha value is -5.13. The quantitative estimate of drug-likeness (QED) is 0.278. The van der Waals surface area contributed by atoms with Gasteiger partial charge in [0.2, 0.25) is 11.9 Å². The number of benzene rings is 2. The maximum atomic E-state index is 13.4. The minimum Gasteiger partial charge on any atom is -0.493 e. The first-order valence-corrected chi connectivity index (χ1v) is 14.6. The highest BCUT2D eigenvalue weighted by Crippen LogP contribution is 2.28. The molecular formula is C32H38N8O4. The van der Waals surface area contributed by atoms with E-state index in [1.165, 1.54) is 0 Å². The monoisotopic (exact) mass is 598 g/mol. The van der Waals surface area contributed by atoms with Crippen LogP contribution in [0.25, 0.3) is 5.95 Å². The first kappa shape index (κ1) is 30.3. The van der Waals surface area contributed by atoms with E-state index in [2.05, 4.69) is 34.4 Å². The van der Waals surface area contributed by atoms with Crippen LogP contribution in [0, 0.1) is 0 Å². The molecule has 1 saturated heterocycles. The summed E-state index contributed by atoms with van der Waals surface area (Å²) in [6, 6.07) is 16.3. The Balaban J connectivity index is 1.37. The summed E-state index contributed by atoms with van der Waals surface area (Å²) < 4.78 is 12.5. The van der Waals surface area contributed by atoms with Crippen molar-refractivity contribution in [3.8, 4) is 17.4 Å². The maximum absolute atomic E-state index is 13.4. The van der Waals surface area contributed by atoms with Crippen LogP contribution in [0.4, 0.5) is 16.3 Å². The summed E-state index contributed by atoms with van der Waals surface area (Å²) in [4.78, 5) is 44.3. The molecule has 0 radical (unpaired) electrons. The zero-order chi connectivity index (χ0) is 31.1. The van der Waals surface area contributed by atoms with Crippen molar-refractivity contribution in [2.75, 3.05) is 44.1 Å². The number of hydrogen-bond donors (Lipinski definition) is 2. The van der Waals surface area contributed by atoms with Crippen LogP contribution in [0.5, 0.6) is 11.5 Å². The fourth-order valence-electron chi connectivity index (χ4n) is 5.09. The van der Waals surface area contributed by atoms with Gasteiger partial charge in [0.25, 0.3) is 0 Å². The Morgan fingerprint density at radius 1 is 1.00 bits per heavy atom. The van der Waals surface area contributed by atoms with Gasteiger partial charge in [-0.1, -0.05) is 38.1 Å². The minimum absolute atomic E-state index is 0.145. The fraction of sp³-hybridized carbons (Fsp3) is 0.344. The summed E-state index contributed by atoms with van der Waals surface area (Å²) in [6.07, 6.45) is 5.30. The van der Waals surface area contributed by atoms with Crippen molar-refractivity contribution in [2.45, 2.75) is 38.8 Å². The third-order valence-electron chi connectivity index (χ3n) is 7.50. The van der Waals surface area contributed by atoms with Gasteiger partial charge in [-0.2, -0.15) is 4.98 Å². The Bertz CT molecular complexity index is 1560. The number of rotatable bonds is 10. The minimum atomic E-state index is -0.332. The standard InChI is InChI=1S/C32H38N8O4/c1-22(2)26-18-29(37-31(36-26)39-13-12-33-21-39)40-15-14-38(32(42)35-24-8-6-5-7-9-24)20-25(40)17-30(41)34-19-23-10-11-27(43-3)28(16-23)44-4/h5-13,16,18,21-22,25H,14-15,17,19-20H2,1-4H3,(H,34,41)(H,35,42). The van der Waals surface area contributed by atoms with Gasteiger partial charge in [-0.05, 0) is 35.7 Å². The van der Waals surface area contributed by atoms with E-state index in [1.54, 1.807) is 42.4 Å². The number of nitrogens with zero attached hydrogens (tertiary/aromatic N) is 6. The SMILES string of the molecule is COc1ccc(CNC(=O)CC2CN(C(=O)Nc3ccccc3)CCN2c2cc(C(C)C)nc(-n3ccnc3)n2)cc1OC. The first-order chi connectivity index (χ1) is 21.3. The molecular weight excluding hydrogens is 560 g/mol. The van der Waals surface area contributed by atoms with Gasteiger partial charge in [-0.3, -0.25) is 9.36 Å². The molecule has 1 unspecified atom stereocenters. The number of piperazine rings is 1. The highest BCUT2D eigenvalue weighted by Gasteiger charge is 2.33. The third-order valence-corrected chi connectivity index (χ3v) is 7.50. The highest BCUT2D eigenvalue weighted by molar-refractivity contribution is 5.89. The van der Waals surface area contributed by atoms with Crippen LogP contribution < -0.4 is 25.0 Å². The number of imidazole rings is 1. The highest BCUT2D eigenvalue weighted by atomic mass is 16.5. The number of carbonyl (C=O) groups is 2. The van der Waals surface area contributed by atoms with Crippen molar-refractivity contribution in [1.29, 1.82) is 0 Å². The Morgan fingerprint density at radius 2 is 1.80 bits per heavy atom. The van der Waals surface area contributed by atoms with E-state index < -0.39 is 0 Å². The second kappa shape index (κ2) is 13.9. The average molecular weight is 599 g/mol. The van der Waals surface area contributed by atoms with Gasteiger partial charge < -0.3 is 29.9 Å². The molecule has 12 nitrogen and oxygen atoms in total. The number of aromatic nitrogens is 4. The van der Waals surface area contributed by atoms with Crippen molar-refractivity contribution in [3.05, 3.63) is 84.6 Å². The van der Waals surface area contributed by atoms with Gasteiger partial charge in [0.15, 0.2) is 11.5 Å². The normalized spacial score (nSPS) is 14.8. The van der Waals surface area contributed by atoms with E-state index in [1.807, 2.05) is 54.6 Å². The lowest BCUT2D eigenvalue weighted by Gasteiger charge is -2.42. The van der Waals surface area contributed by atoms with Crippen molar-refractivity contribution in [3.63, 3.8) is 0 Å². The molecule has 0 saturated carbocycles. The lowest BCUT2D eigenvalue weighted by atomic mass is 10.1. The Morgan fingerprint density at radius 3 is 2.50 bits per heavy atom. The molecule has 4 aromatic rings. The summed E-state index contributed by atoms with van der Waals surface area (Å²) in [5.41, 5.74) is 2.47. The number of ether oxygens (including phenoxy) is 2. The molecule has 44 heavy (non-hydrogen) atoms. The molecule has 0 aliphatic carbocycles. The van der Waals surface area contributed by atoms with E-state index in [9.17, 15) is 9.59 Å². The number of anilines is 2. The van der Waals surface area contributed by atoms with Gasteiger partial charge in [0, 0.05) is 56.7 Å². The lowest BCUT2D eigenvalue weighted by molar-refractivity contribution is -0.121. The number of hydrogen-bond acceptors (Lipinski definition) is 8. The zero-order valence-electron chi connectivity index (χ0n) is 25.4. The molecule has 3 heterocycles. The van der Waals surface area contributed by atoms with Gasteiger partial charge in [-0.15, -0.1) is 0 Å². The van der Waals surface area contributed by atoms with Gasteiger partial charge in [0.05, 0.1) is 26.0 Å². The molecule has 0 bridgehead atoms. The van der Waals surface area contributed by atoms with E-state index >= 15 is 0 Å². The Kier molecular flexibility index (Phi) is 9.58. The summed E-state index contributed by atoms with van der Waals surface area (Å²) in [6.45, 7) is 5.77. The molecule has 3 amide bonds. The number of nitrogens with one attached hydrogen (secondary N) is 2. The topological polar surface area (TPSA) is 127 Å². The number of amides is 3. The lowest BCUT2D eigenvalue weighted by Crippen LogP contribution is -2.57. The number of urea groups is 1. The number of carbonyl (C=O) groups excluding carboxylic acids is 2. The molecule has 1 fully saturated rings. The second-order valence-electron chi connectivity index (χ2n) is 10.8. The van der Waals surface area contributed by atoms with E-state index in [0.29, 0.717) is 55.1 Å². The molecule has 230 valence electrons. The van der Waals surface area contributed by atoms with Crippen LogP contribution in [-0.4, -0.2) is 76.3 Å². The second-order valence-corrected chi connectivity index (χ2v) is 10.8. The molecule has 1 aliphatic rings. The summed E-state index contributed by atoms with van der Waals surface area (Å²) in [5.74, 6) is 2.43. The zero-order valence-corrected chi connectivity index (χ0v) is 25.4. The molecule has 2 aromatic carbocycles. The van der Waals surface area contributed by atoms with Crippen molar-refractivity contribution in [2.24, 2.45) is 0 Å². The van der Waals surface area contributed by atoms with E-state index in [-0.39, 0.29) is 30.3 Å². The third kappa shape index (κ3) is 7.25. The van der Waals surface area contributed by atoms with Crippen LogP contribution >= 0.6 is 0 Å². The van der Waals surface area contributed by atoms with Crippen LogP contribution in [0.1, 0.15) is 37.4 Å². The van der Waals surface area contributed by atoms with Crippen molar-refractivity contribution >= 4 is 23.4 Å².